The minimum Gasteiger partial charge on any atom is -0.387 e. The first kappa shape index (κ1) is 6.40. The van der Waals surface area contributed by atoms with Crippen LogP contribution >= 0.6 is 0 Å². The molecule has 0 amide bonds. The van der Waals surface area contributed by atoms with Crippen molar-refractivity contribution in [3.05, 3.63) is 41.3 Å². The fraction of sp³-hybridized carbons (Fsp3) is 0.111. The van der Waals surface area contributed by atoms with Gasteiger partial charge < -0.3 is 5.32 Å². The number of hydrogen-bond donors (Lipinski definition) is 1. The topological polar surface area (TPSA) is 12.0 Å². The lowest BCUT2D eigenvalue weighted by atomic mass is 10.1. The van der Waals surface area contributed by atoms with Crippen molar-refractivity contribution in [1.82, 2.24) is 5.32 Å². The molecular weight excluding hydrogens is 141 g/mol. The highest BCUT2D eigenvalue weighted by atomic mass is 19.1. The van der Waals surface area contributed by atoms with Crippen molar-refractivity contribution in [3.8, 4) is 0 Å². The first-order chi connectivity index (χ1) is 5.36. The number of hydrogen-bond acceptors (Lipinski definition) is 1. The molecule has 1 heterocycles. The van der Waals surface area contributed by atoms with E-state index in [9.17, 15) is 4.39 Å². The quantitative estimate of drug-likeness (QED) is 0.594. The van der Waals surface area contributed by atoms with E-state index >= 15 is 0 Å². The van der Waals surface area contributed by atoms with Crippen molar-refractivity contribution in [1.29, 1.82) is 0 Å². The number of fused-ring (bicyclic) bond motifs is 1. The van der Waals surface area contributed by atoms with Crippen LogP contribution in [-0.2, 0) is 6.54 Å². The van der Waals surface area contributed by atoms with E-state index in [4.69, 9.17) is 0 Å². The van der Waals surface area contributed by atoms with Crippen molar-refractivity contribution < 1.29 is 4.39 Å². The summed E-state index contributed by atoms with van der Waals surface area (Å²) >= 11 is 0. The zero-order chi connectivity index (χ0) is 7.68. The molecule has 56 valence electrons. The summed E-state index contributed by atoms with van der Waals surface area (Å²) in [4.78, 5) is 0. The maximum absolute atomic E-state index is 12.6. The van der Waals surface area contributed by atoms with Gasteiger partial charge in [-0.2, -0.15) is 0 Å². The molecule has 1 nitrogen and oxygen atoms in total. The fourth-order valence-electron chi connectivity index (χ4n) is 1.20. The van der Waals surface area contributed by atoms with Gasteiger partial charge >= 0.3 is 0 Å². The van der Waals surface area contributed by atoms with Crippen LogP contribution in [0.3, 0.4) is 0 Å². The van der Waals surface area contributed by atoms with Crippen LogP contribution in [0.15, 0.2) is 24.4 Å². The lowest BCUT2D eigenvalue weighted by molar-refractivity contribution is 0.626. The van der Waals surface area contributed by atoms with Gasteiger partial charge in [0.15, 0.2) is 0 Å². The Morgan fingerprint density at radius 3 is 3.18 bits per heavy atom. The van der Waals surface area contributed by atoms with Crippen LogP contribution in [0.25, 0.3) is 6.08 Å². The van der Waals surface area contributed by atoms with Gasteiger partial charge in [-0.15, -0.1) is 0 Å². The number of halogens is 1. The molecule has 11 heavy (non-hydrogen) atoms. The Hall–Kier alpha value is -1.31. The molecule has 0 fully saturated rings. The molecule has 0 radical (unpaired) electrons. The second kappa shape index (κ2) is 2.38. The smallest absolute Gasteiger partial charge is 0.123 e. The molecule has 0 unspecified atom stereocenters. The molecule has 0 aromatic heterocycles. The molecule has 1 aromatic rings. The Balaban J connectivity index is 2.54. The zero-order valence-corrected chi connectivity index (χ0v) is 5.97. The van der Waals surface area contributed by atoms with E-state index in [1.807, 2.05) is 12.3 Å². The third-order valence-corrected chi connectivity index (χ3v) is 1.78. The van der Waals surface area contributed by atoms with E-state index < -0.39 is 0 Å². The first-order valence-corrected chi connectivity index (χ1v) is 3.54. The van der Waals surface area contributed by atoms with Gasteiger partial charge in [-0.3, -0.25) is 0 Å². The average Bonchev–Trinajstić information content (AvgIpc) is 2.04. The predicted octanol–water partition coefficient (Wildman–Crippen LogP) is 1.90. The van der Waals surface area contributed by atoms with Gasteiger partial charge in [0.05, 0.1) is 0 Å². The number of benzene rings is 1. The number of rotatable bonds is 0. The van der Waals surface area contributed by atoms with Gasteiger partial charge in [0.2, 0.25) is 0 Å². The summed E-state index contributed by atoms with van der Waals surface area (Å²) in [5, 5.41) is 3.06. The van der Waals surface area contributed by atoms with E-state index in [2.05, 4.69) is 5.32 Å². The molecule has 0 atom stereocenters. The maximum atomic E-state index is 12.6. The van der Waals surface area contributed by atoms with Gasteiger partial charge in [-0.25, -0.2) is 4.39 Å². The molecule has 2 rings (SSSR count). The van der Waals surface area contributed by atoms with Gasteiger partial charge in [0, 0.05) is 6.54 Å². The summed E-state index contributed by atoms with van der Waals surface area (Å²) in [6.07, 6.45) is 3.71. The SMILES string of the molecule is Fc1ccc2c(c1)C=CNC2. The minimum absolute atomic E-state index is 0.171. The molecular formula is C9H8FN. The Labute approximate surface area is 64.5 Å². The van der Waals surface area contributed by atoms with Crippen LogP contribution in [0.4, 0.5) is 4.39 Å². The van der Waals surface area contributed by atoms with Crippen molar-refractivity contribution in [2.45, 2.75) is 6.54 Å². The second-order valence-electron chi connectivity index (χ2n) is 2.56. The minimum atomic E-state index is -0.171. The summed E-state index contributed by atoms with van der Waals surface area (Å²) in [6.45, 7) is 0.798. The standard InChI is InChI=1S/C9H8FN/c10-9-2-1-8-6-11-4-3-7(8)5-9/h1-5,11H,6H2. The van der Waals surface area contributed by atoms with E-state index in [1.165, 1.54) is 6.07 Å². The van der Waals surface area contributed by atoms with Crippen LogP contribution in [0.1, 0.15) is 11.1 Å². The van der Waals surface area contributed by atoms with Crippen molar-refractivity contribution in [3.63, 3.8) is 0 Å². The summed E-state index contributed by atoms with van der Waals surface area (Å²) in [5.74, 6) is -0.171. The van der Waals surface area contributed by atoms with Gasteiger partial charge in [0.1, 0.15) is 5.82 Å². The molecule has 1 aliphatic heterocycles. The Bertz CT molecular complexity index is 304. The van der Waals surface area contributed by atoms with E-state index in [1.54, 1.807) is 12.1 Å². The maximum Gasteiger partial charge on any atom is 0.123 e. The van der Waals surface area contributed by atoms with E-state index in [-0.39, 0.29) is 5.82 Å². The summed E-state index contributed by atoms with van der Waals surface area (Å²) in [5.41, 5.74) is 2.12. The highest BCUT2D eigenvalue weighted by Gasteiger charge is 2.03. The Morgan fingerprint density at radius 1 is 1.36 bits per heavy atom. The van der Waals surface area contributed by atoms with Crippen LogP contribution in [0, 0.1) is 5.82 Å². The lowest BCUT2D eigenvalue weighted by Gasteiger charge is -2.10. The van der Waals surface area contributed by atoms with Crippen LogP contribution in [0.5, 0.6) is 0 Å². The van der Waals surface area contributed by atoms with E-state index in [0.717, 1.165) is 17.7 Å². The molecule has 1 aliphatic rings. The molecule has 0 saturated carbocycles. The lowest BCUT2D eigenvalue weighted by Crippen LogP contribution is -2.09. The normalized spacial score (nSPS) is 13.9. The molecule has 1 aromatic carbocycles. The highest BCUT2D eigenvalue weighted by molar-refractivity contribution is 5.55. The molecule has 1 N–H and O–H groups in total. The second-order valence-corrected chi connectivity index (χ2v) is 2.56. The first-order valence-electron chi connectivity index (χ1n) is 3.54. The van der Waals surface area contributed by atoms with Crippen LogP contribution in [-0.4, -0.2) is 0 Å². The van der Waals surface area contributed by atoms with Gasteiger partial charge in [-0.1, -0.05) is 6.07 Å². The van der Waals surface area contributed by atoms with Crippen LogP contribution in [0.2, 0.25) is 0 Å². The van der Waals surface area contributed by atoms with Crippen LogP contribution < -0.4 is 5.32 Å². The van der Waals surface area contributed by atoms with Gasteiger partial charge in [-0.05, 0) is 35.5 Å². The number of nitrogens with one attached hydrogen (secondary N) is 1. The molecule has 2 heteroatoms. The summed E-state index contributed by atoms with van der Waals surface area (Å²) in [7, 11) is 0. The third-order valence-electron chi connectivity index (χ3n) is 1.78. The molecule has 0 bridgehead atoms. The Morgan fingerprint density at radius 2 is 2.27 bits per heavy atom. The largest absolute Gasteiger partial charge is 0.387 e. The van der Waals surface area contributed by atoms with Crippen molar-refractivity contribution >= 4 is 6.08 Å². The monoisotopic (exact) mass is 149 g/mol. The highest BCUT2D eigenvalue weighted by Crippen LogP contribution is 2.15. The average molecular weight is 149 g/mol. The van der Waals surface area contributed by atoms with Crippen molar-refractivity contribution in [2.75, 3.05) is 0 Å². The van der Waals surface area contributed by atoms with Gasteiger partial charge in [0.25, 0.3) is 0 Å². The zero-order valence-electron chi connectivity index (χ0n) is 5.97. The summed E-state index contributed by atoms with van der Waals surface area (Å²) < 4.78 is 12.6. The predicted molar refractivity (Wildman–Crippen MR) is 42.3 cm³/mol. The molecule has 0 saturated heterocycles. The third kappa shape index (κ3) is 1.11. The summed E-state index contributed by atoms with van der Waals surface area (Å²) in [6, 6.07) is 4.84. The Kier molecular flexibility index (Phi) is 1.39. The molecule has 0 spiro atoms. The fourth-order valence-corrected chi connectivity index (χ4v) is 1.20. The van der Waals surface area contributed by atoms with E-state index in [0.29, 0.717) is 0 Å². The van der Waals surface area contributed by atoms with Crippen molar-refractivity contribution in [2.24, 2.45) is 0 Å². The molecule has 0 aliphatic carbocycles.